The average molecular weight is 341 g/mol. The molecule has 2 fully saturated rings. The third kappa shape index (κ3) is 3.72. The Balaban J connectivity index is 1.76. The smallest absolute Gasteiger partial charge is 0.415 e. The third-order valence-corrected chi connectivity index (χ3v) is 4.07. The summed E-state index contributed by atoms with van der Waals surface area (Å²) in [5.74, 6) is -3.56. The molecular weight excluding hydrogens is 330 g/mol. The van der Waals surface area contributed by atoms with Crippen LogP contribution < -0.4 is 5.26 Å². The van der Waals surface area contributed by atoms with Crippen molar-refractivity contribution in [2.24, 2.45) is 11.8 Å². The van der Waals surface area contributed by atoms with Crippen LogP contribution in [0.15, 0.2) is 0 Å². The molecule has 2 saturated carbocycles. The summed E-state index contributed by atoms with van der Waals surface area (Å²) in [5.41, 5.74) is 0. The van der Waals surface area contributed by atoms with Gasteiger partial charge in [0, 0.05) is 11.8 Å². The molecular formula is C11H11F2O8S-. The van der Waals surface area contributed by atoms with Crippen molar-refractivity contribution in [1.82, 2.24) is 0 Å². The molecule has 0 N–H and O–H groups in total. The molecule has 0 aromatic heterocycles. The van der Waals surface area contributed by atoms with Crippen LogP contribution in [0.2, 0.25) is 0 Å². The fourth-order valence-electron chi connectivity index (χ4n) is 2.64. The van der Waals surface area contributed by atoms with Crippen LogP contribution in [0.25, 0.3) is 0 Å². The molecule has 124 valence electrons. The van der Waals surface area contributed by atoms with Gasteiger partial charge in [-0.25, -0.2) is 9.59 Å². The van der Waals surface area contributed by atoms with E-state index in [1.807, 2.05) is 0 Å². The van der Waals surface area contributed by atoms with E-state index in [0.29, 0.717) is 6.42 Å². The number of ether oxygens (including phenoxy) is 2. The van der Waals surface area contributed by atoms with Crippen LogP contribution in [-0.4, -0.2) is 35.7 Å². The number of carbonyl (C=O) groups is 3. The van der Waals surface area contributed by atoms with E-state index in [-0.39, 0.29) is 17.6 Å². The summed E-state index contributed by atoms with van der Waals surface area (Å²) < 4.78 is 38.2. The SMILES string of the molecule is O=C(COC(=O)C(F)(F)SOO[O-])OC1C(=O)C2CCC1C2. The van der Waals surface area contributed by atoms with Crippen molar-refractivity contribution in [3.05, 3.63) is 0 Å². The molecule has 0 heterocycles. The zero-order valence-corrected chi connectivity index (χ0v) is 11.8. The van der Waals surface area contributed by atoms with Crippen LogP contribution in [0, 0.1) is 11.8 Å². The van der Waals surface area contributed by atoms with Crippen molar-refractivity contribution < 1.29 is 47.3 Å². The van der Waals surface area contributed by atoms with Gasteiger partial charge in [-0.15, -0.1) is 0 Å². The Kier molecular flexibility index (Phi) is 5.32. The first-order valence-electron chi connectivity index (χ1n) is 6.27. The van der Waals surface area contributed by atoms with Crippen LogP contribution in [0.3, 0.4) is 0 Å². The van der Waals surface area contributed by atoms with Crippen LogP contribution in [0.1, 0.15) is 19.3 Å². The molecule has 8 nitrogen and oxygen atoms in total. The summed E-state index contributed by atoms with van der Waals surface area (Å²) in [6, 6.07) is 0. The van der Waals surface area contributed by atoms with Crippen molar-refractivity contribution in [3.8, 4) is 0 Å². The van der Waals surface area contributed by atoms with E-state index in [1.54, 1.807) is 0 Å². The zero-order valence-electron chi connectivity index (χ0n) is 11.0. The maximum absolute atomic E-state index is 13.0. The lowest BCUT2D eigenvalue weighted by atomic mass is 9.96. The monoisotopic (exact) mass is 341 g/mol. The van der Waals surface area contributed by atoms with E-state index in [2.05, 4.69) is 14.1 Å². The van der Waals surface area contributed by atoms with E-state index < -0.39 is 41.9 Å². The first-order valence-corrected chi connectivity index (χ1v) is 7.02. The first kappa shape index (κ1) is 17.1. The van der Waals surface area contributed by atoms with Crippen molar-refractivity contribution in [2.45, 2.75) is 30.6 Å². The maximum atomic E-state index is 13.0. The predicted molar refractivity (Wildman–Crippen MR) is 61.4 cm³/mol. The van der Waals surface area contributed by atoms with Gasteiger partial charge in [0.2, 0.25) is 0 Å². The summed E-state index contributed by atoms with van der Waals surface area (Å²) >= 11 is -0.867. The Bertz CT molecular complexity index is 471. The van der Waals surface area contributed by atoms with Gasteiger partial charge in [-0.3, -0.25) is 9.83 Å². The molecule has 22 heavy (non-hydrogen) atoms. The lowest BCUT2D eigenvalue weighted by Crippen LogP contribution is -2.35. The van der Waals surface area contributed by atoms with Crippen LogP contribution in [0.4, 0.5) is 8.78 Å². The van der Waals surface area contributed by atoms with Crippen molar-refractivity contribution in [1.29, 1.82) is 0 Å². The lowest BCUT2D eigenvalue weighted by Gasteiger charge is -2.20. The molecule has 11 heteroatoms. The summed E-state index contributed by atoms with van der Waals surface area (Å²) in [6.45, 7) is -1.08. The minimum atomic E-state index is -4.23. The molecule has 3 atom stereocenters. The Labute approximate surface area is 127 Å². The molecule has 0 amide bonds. The van der Waals surface area contributed by atoms with Gasteiger partial charge in [0.15, 0.2) is 18.5 Å². The lowest BCUT2D eigenvalue weighted by molar-refractivity contribution is -0.777. The molecule has 0 spiro atoms. The number of ketones is 1. The van der Waals surface area contributed by atoms with Gasteiger partial charge in [0.05, 0.1) is 0 Å². The number of carbonyl (C=O) groups excluding carboxylic acids is 3. The highest BCUT2D eigenvalue weighted by Gasteiger charge is 2.49. The van der Waals surface area contributed by atoms with Gasteiger partial charge >= 0.3 is 17.2 Å². The minimum absolute atomic E-state index is 0.0586. The van der Waals surface area contributed by atoms with E-state index in [9.17, 15) is 28.4 Å². The van der Waals surface area contributed by atoms with Crippen LogP contribution in [0.5, 0.6) is 0 Å². The Morgan fingerprint density at radius 2 is 2.09 bits per heavy atom. The highest BCUT2D eigenvalue weighted by molar-refractivity contribution is 7.96. The molecule has 0 aliphatic heterocycles. The normalized spacial score (nSPS) is 27.0. The van der Waals surface area contributed by atoms with E-state index >= 15 is 0 Å². The van der Waals surface area contributed by atoms with Gasteiger partial charge in [-0.2, -0.15) is 13.1 Å². The number of alkyl halides is 2. The third-order valence-electron chi connectivity index (χ3n) is 3.57. The first-order chi connectivity index (χ1) is 10.3. The van der Waals surface area contributed by atoms with E-state index in [0.717, 1.165) is 12.8 Å². The van der Waals surface area contributed by atoms with Crippen molar-refractivity contribution in [3.63, 3.8) is 0 Å². The number of esters is 2. The summed E-state index contributed by atoms with van der Waals surface area (Å²) in [5, 5.41) is 7.87. The summed E-state index contributed by atoms with van der Waals surface area (Å²) in [4.78, 5) is 34.2. The number of fused-ring (bicyclic) bond motifs is 2. The molecule has 3 unspecified atom stereocenters. The van der Waals surface area contributed by atoms with E-state index in [4.69, 9.17) is 4.74 Å². The number of hydrogen-bond acceptors (Lipinski definition) is 9. The Morgan fingerprint density at radius 3 is 2.68 bits per heavy atom. The highest BCUT2D eigenvalue weighted by Crippen LogP contribution is 2.43. The Hall–Kier alpha value is -1.30. The Morgan fingerprint density at radius 1 is 1.36 bits per heavy atom. The predicted octanol–water partition coefficient (Wildman–Crippen LogP) is -0.0951. The topological polar surface area (TPSA) is 111 Å². The van der Waals surface area contributed by atoms with Crippen LogP contribution in [-0.2, 0) is 33.2 Å². The molecule has 0 aromatic rings. The summed E-state index contributed by atoms with van der Waals surface area (Å²) in [7, 11) is 0. The second-order valence-electron chi connectivity index (χ2n) is 4.90. The number of hydrogen-bond donors (Lipinski definition) is 0. The quantitative estimate of drug-likeness (QED) is 0.271. The summed E-state index contributed by atoms with van der Waals surface area (Å²) in [6.07, 6.45) is 1.28. The minimum Gasteiger partial charge on any atom is -0.691 e. The number of halogens is 2. The van der Waals surface area contributed by atoms with Gasteiger partial charge in [-0.05, 0) is 19.3 Å². The number of rotatable bonds is 7. The van der Waals surface area contributed by atoms with Gasteiger partial charge in [-0.1, -0.05) is 0 Å². The fourth-order valence-corrected chi connectivity index (χ4v) is 2.88. The molecule has 2 aliphatic carbocycles. The second kappa shape index (κ2) is 6.86. The van der Waals surface area contributed by atoms with Crippen LogP contribution >= 0.6 is 12.0 Å². The molecule has 2 aliphatic rings. The van der Waals surface area contributed by atoms with Gasteiger partial charge in [0.1, 0.15) is 12.0 Å². The van der Waals surface area contributed by atoms with Crippen molar-refractivity contribution in [2.75, 3.05) is 6.61 Å². The molecule has 0 aromatic carbocycles. The number of Topliss-reactive ketones (excluding diaryl/α,β-unsaturated/α-hetero) is 1. The zero-order chi connectivity index (χ0) is 16.3. The fraction of sp³-hybridized carbons (Fsp3) is 0.727. The highest BCUT2D eigenvalue weighted by atomic mass is 32.2. The largest absolute Gasteiger partial charge is 0.691 e. The van der Waals surface area contributed by atoms with Gasteiger partial charge in [0.25, 0.3) is 0 Å². The molecule has 2 bridgehead atoms. The second-order valence-corrected chi connectivity index (χ2v) is 5.71. The molecule has 2 rings (SSSR count). The van der Waals surface area contributed by atoms with E-state index in [1.165, 1.54) is 0 Å². The maximum Gasteiger partial charge on any atom is 0.415 e. The molecule has 0 saturated heterocycles. The van der Waals surface area contributed by atoms with Gasteiger partial charge < -0.3 is 14.7 Å². The molecule has 0 radical (unpaired) electrons. The standard InChI is InChI=1S/C11H12F2O8S/c12-11(13,22-21-20-17)10(16)18-4-7(14)19-9-6-2-1-5(3-6)8(9)15/h5-6,9,17H,1-4H2/p-1. The van der Waals surface area contributed by atoms with Crippen molar-refractivity contribution >= 4 is 29.8 Å². The average Bonchev–Trinajstić information content (AvgIpc) is 3.06.